The summed E-state index contributed by atoms with van der Waals surface area (Å²) in [6.07, 6.45) is 2.37. The number of hydrogen-bond acceptors (Lipinski definition) is 7. The first-order chi connectivity index (χ1) is 15.7. The molecule has 0 aliphatic carbocycles. The second-order valence-electron chi connectivity index (χ2n) is 8.10. The maximum absolute atomic E-state index is 12.3. The highest BCUT2D eigenvalue weighted by Gasteiger charge is 2.31. The number of aliphatic imine (C=N–C) groups is 1. The summed E-state index contributed by atoms with van der Waals surface area (Å²) in [5, 5.41) is 2.76. The second kappa shape index (κ2) is 9.22. The van der Waals surface area contributed by atoms with Gasteiger partial charge in [0.1, 0.15) is 11.9 Å². The van der Waals surface area contributed by atoms with E-state index in [0.717, 1.165) is 24.3 Å². The van der Waals surface area contributed by atoms with Crippen molar-refractivity contribution < 1.29 is 22.7 Å². The zero-order valence-electron chi connectivity index (χ0n) is 18.5. The number of hydrogen-bond donors (Lipinski definition) is 2. The van der Waals surface area contributed by atoms with E-state index in [0.29, 0.717) is 11.3 Å². The Morgan fingerprint density at radius 3 is 2.64 bits per heavy atom. The second-order valence-corrected chi connectivity index (χ2v) is 9.76. The molecule has 2 N–H and O–H groups in total. The fraction of sp³-hybridized carbons (Fsp3) is 0.348. The summed E-state index contributed by atoms with van der Waals surface area (Å²) in [7, 11) is -3.70. The number of carbonyl (C=O) groups excluding carboxylic acids is 2. The fourth-order valence-corrected chi connectivity index (χ4v) is 5.12. The van der Waals surface area contributed by atoms with E-state index < -0.39 is 34.5 Å². The lowest BCUT2D eigenvalue weighted by Gasteiger charge is -2.19. The highest BCUT2D eigenvalue weighted by Crippen LogP contribution is 2.26. The first-order valence-electron chi connectivity index (χ1n) is 10.8. The average Bonchev–Trinajstić information content (AvgIpc) is 3.41. The van der Waals surface area contributed by atoms with E-state index in [9.17, 15) is 18.0 Å². The van der Waals surface area contributed by atoms with Crippen LogP contribution in [-0.2, 0) is 24.3 Å². The molecule has 33 heavy (non-hydrogen) atoms. The number of amides is 1. The molecule has 1 saturated heterocycles. The number of ether oxygens (including phenoxy) is 1. The van der Waals surface area contributed by atoms with Gasteiger partial charge in [0, 0.05) is 30.0 Å². The van der Waals surface area contributed by atoms with Gasteiger partial charge < -0.3 is 15.0 Å². The number of nitrogens with one attached hydrogen (secondary N) is 2. The maximum Gasteiger partial charge on any atom is 0.331 e. The number of sulfonamides is 1. The molecule has 174 valence electrons. The van der Waals surface area contributed by atoms with Crippen molar-refractivity contribution in [1.29, 1.82) is 0 Å². The van der Waals surface area contributed by atoms with Crippen molar-refractivity contribution in [2.75, 3.05) is 29.9 Å². The van der Waals surface area contributed by atoms with Crippen LogP contribution in [0.5, 0.6) is 0 Å². The van der Waals surface area contributed by atoms with Crippen molar-refractivity contribution in [2.24, 2.45) is 4.99 Å². The molecule has 1 amide bonds. The maximum atomic E-state index is 12.3. The Balaban J connectivity index is 1.33. The Kier molecular flexibility index (Phi) is 6.37. The quantitative estimate of drug-likeness (QED) is 0.625. The van der Waals surface area contributed by atoms with Crippen molar-refractivity contribution in [3.63, 3.8) is 0 Å². The van der Waals surface area contributed by atoms with Crippen molar-refractivity contribution >= 4 is 39.1 Å². The monoisotopic (exact) mass is 470 g/mol. The van der Waals surface area contributed by atoms with Gasteiger partial charge in [-0.15, -0.1) is 0 Å². The molecule has 2 heterocycles. The third-order valence-electron chi connectivity index (χ3n) is 5.63. The van der Waals surface area contributed by atoms with Crippen LogP contribution in [0.3, 0.4) is 0 Å². The van der Waals surface area contributed by atoms with Gasteiger partial charge in [0.25, 0.3) is 15.9 Å². The van der Waals surface area contributed by atoms with Gasteiger partial charge in [-0.2, -0.15) is 0 Å². The number of anilines is 2. The summed E-state index contributed by atoms with van der Waals surface area (Å²) in [5.41, 5.74) is 3.10. The van der Waals surface area contributed by atoms with Crippen molar-refractivity contribution in [3.8, 4) is 0 Å². The summed E-state index contributed by atoms with van der Waals surface area (Å²) >= 11 is 0. The normalized spacial score (nSPS) is 18.5. The lowest BCUT2D eigenvalue weighted by molar-refractivity contribution is -0.148. The smallest absolute Gasteiger partial charge is 0.331 e. The SMILES string of the molecule is Cc1cc(N2CCCC2)ccc1NC(=O)COC(=O)[C@H](C)N=C1NS(=O)(=O)c2ccccc21. The molecule has 0 aromatic heterocycles. The molecule has 0 saturated carbocycles. The van der Waals surface area contributed by atoms with Gasteiger partial charge in [-0.25, -0.2) is 13.2 Å². The van der Waals surface area contributed by atoms with Gasteiger partial charge in [-0.1, -0.05) is 12.1 Å². The van der Waals surface area contributed by atoms with Gasteiger partial charge in [0.05, 0.1) is 4.90 Å². The van der Waals surface area contributed by atoms with Gasteiger partial charge in [0.2, 0.25) is 0 Å². The number of fused-ring (bicyclic) bond motifs is 1. The molecule has 10 heteroatoms. The molecule has 1 atom stereocenters. The van der Waals surface area contributed by atoms with Crippen LogP contribution in [0.4, 0.5) is 11.4 Å². The highest BCUT2D eigenvalue weighted by molar-refractivity contribution is 7.90. The first kappa shape index (κ1) is 22.8. The third-order valence-corrected chi connectivity index (χ3v) is 7.02. The largest absolute Gasteiger partial charge is 0.454 e. The van der Waals surface area contributed by atoms with Crippen LogP contribution in [0.25, 0.3) is 0 Å². The number of esters is 1. The van der Waals surface area contributed by atoms with E-state index in [1.54, 1.807) is 18.2 Å². The number of benzene rings is 2. The van der Waals surface area contributed by atoms with Crippen molar-refractivity contribution in [3.05, 3.63) is 53.6 Å². The zero-order chi connectivity index (χ0) is 23.6. The summed E-state index contributed by atoms with van der Waals surface area (Å²) < 4.78 is 31.8. The van der Waals surface area contributed by atoms with E-state index >= 15 is 0 Å². The number of aryl methyl sites for hydroxylation is 1. The van der Waals surface area contributed by atoms with Crippen LogP contribution in [0, 0.1) is 6.92 Å². The van der Waals surface area contributed by atoms with Crippen LogP contribution < -0.4 is 14.9 Å². The summed E-state index contributed by atoms with van der Waals surface area (Å²) in [4.78, 5) is 31.2. The minimum atomic E-state index is -3.70. The molecule has 0 bridgehead atoms. The Morgan fingerprint density at radius 2 is 1.91 bits per heavy atom. The van der Waals surface area contributed by atoms with Crippen molar-refractivity contribution in [2.45, 2.75) is 37.6 Å². The van der Waals surface area contributed by atoms with Crippen LogP contribution in [0.1, 0.15) is 30.9 Å². The van der Waals surface area contributed by atoms with Crippen LogP contribution >= 0.6 is 0 Å². The minimum Gasteiger partial charge on any atom is -0.454 e. The molecule has 2 aromatic rings. The van der Waals surface area contributed by atoms with E-state index in [-0.39, 0.29) is 10.7 Å². The predicted octanol–water partition coefficient (Wildman–Crippen LogP) is 2.20. The lowest BCUT2D eigenvalue weighted by Crippen LogP contribution is -2.29. The number of rotatable bonds is 6. The molecule has 1 fully saturated rings. The molecule has 0 radical (unpaired) electrons. The van der Waals surface area contributed by atoms with Crippen molar-refractivity contribution in [1.82, 2.24) is 4.72 Å². The molecular formula is C23H26N4O5S. The highest BCUT2D eigenvalue weighted by atomic mass is 32.2. The Hall–Kier alpha value is -3.40. The van der Waals surface area contributed by atoms with E-state index in [1.807, 2.05) is 25.1 Å². The minimum absolute atomic E-state index is 0.0771. The molecule has 4 rings (SSSR count). The fourth-order valence-electron chi connectivity index (χ4n) is 3.88. The molecule has 2 aromatic carbocycles. The molecule has 2 aliphatic rings. The van der Waals surface area contributed by atoms with Crippen LogP contribution in [0.15, 0.2) is 52.4 Å². The first-order valence-corrected chi connectivity index (χ1v) is 12.2. The summed E-state index contributed by atoms with van der Waals surface area (Å²) in [6.45, 7) is 5.00. The van der Waals surface area contributed by atoms with E-state index in [1.165, 1.54) is 25.8 Å². The molecular weight excluding hydrogens is 444 g/mol. The molecule has 0 unspecified atom stereocenters. The number of carbonyl (C=O) groups is 2. The number of amidine groups is 1. The molecule has 2 aliphatic heterocycles. The Bertz CT molecular complexity index is 1220. The third kappa shape index (κ3) is 5.00. The standard InChI is InChI=1S/C23H26N4O5S/c1-15-13-17(27-11-5-6-12-27)9-10-19(15)25-21(28)14-32-23(29)16(2)24-22-18-7-3-4-8-20(18)33(30,31)26-22/h3-4,7-10,13,16H,5-6,11-12,14H2,1-2H3,(H,24,26)(H,25,28)/t16-/m0/s1. The van der Waals surface area contributed by atoms with E-state index in [2.05, 4.69) is 19.9 Å². The topological polar surface area (TPSA) is 117 Å². The van der Waals surface area contributed by atoms with E-state index in [4.69, 9.17) is 4.74 Å². The van der Waals surface area contributed by atoms with Gasteiger partial charge in [-0.05, 0) is 62.6 Å². The van der Waals surface area contributed by atoms with Gasteiger partial charge >= 0.3 is 5.97 Å². The van der Waals surface area contributed by atoms with Gasteiger partial charge in [-0.3, -0.25) is 14.5 Å². The lowest BCUT2D eigenvalue weighted by atomic mass is 10.1. The summed E-state index contributed by atoms with van der Waals surface area (Å²) in [6, 6.07) is 11.2. The Morgan fingerprint density at radius 1 is 1.18 bits per heavy atom. The summed E-state index contributed by atoms with van der Waals surface area (Å²) in [5.74, 6) is -1.12. The molecule has 9 nitrogen and oxygen atoms in total. The van der Waals surface area contributed by atoms with Gasteiger partial charge in [0.15, 0.2) is 6.61 Å². The molecule has 0 spiro atoms. The average molecular weight is 471 g/mol. The Labute approximate surface area is 192 Å². The van der Waals surface area contributed by atoms with Crippen LogP contribution in [0.2, 0.25) is 0 Å². The zero-order valence-corrected chi connectivity index (χ0v) is 19.3. The number of nitrogens with zero attached hydrogens (tertiary/aromatic N) is 2. The predicted molar refractivity (Wildman–Crippen MR) is 125 cm³/mol. The van der Waals surface area contributed by atoms with Crippen LogP contribution in [-0.4, -0.2) is 51.9 Å².